The zero-order valence-corrected chi connectivity index (χ0v) is 45.4. The fraction of sp³-hybridized carbons (Fsp3) is 0.448. The van der Waals surface area contributed by atoms with Gasteiger partial charge in [0.25, 0.3) is 5.69 Å². The molecule has 0 saturated heterocycles. The summed E-state index contributed by atoms with van der Waals surface area (Å²) in [4.78, 5) is 39.2. The molecule has 0 heterocycles. The summed E-state index contributed by atoms with van der Waals surface area (Å²) in [5.41, 5.74) is 3.55. The first kappa shape index (κ1) is 59.1. The quantitative estimate of drug-likeness (QED) is 0.0131. The predicted molar refractivity (Wildman–Crippen MR) is 297 cm³/mol. The fourth-order valence-corrected chi connectivity index (χ4v) is 8.25. The second-order valence-electron chi connectivity index (χ2n) is 19.3. The van der Waals surface area contributed by atoms with Crippen LogP contribution in [-0.4, -0.2) is 57.4 Å². The molecule has 0 fully saturated rings. The highest BCUT2D eigenvalue weighted by molar-refractivity contribution is 5.80. The van der Waals surface area contributed by atoms with E-state index in [1.165, 1.54) is 83.4 Å². The second kappa shape index (κ2) is 30.6. The third-order valence-corrected chi connectivity index (χ3v) is 12.9. The van der Waals surface area contributed by atoms with Crippen molar-refractivity contribution >= 4 is 68.8 Å². The summed E-state index contributed by atoms with van der Waals surface area (Å²) in [5.74, 6) is 0.236. The Kier molecular flexibility index (Phi) is 23.8. The van der Waals surface area contributed by atoms with Crippen LogP contribution in [0.4, 0.5) is 56.9 Å². The Hall–Kier alpha value is -7.76. The van der Waals surface area contributed by atoms with E-state index in [-0.39, 0.29) is 24.2 Å². The molecule has 1 unspecified atom stereocenters. The summed E-state index contributed by atoms with van der Waals surface area (Å²) in [6.07, 6.45) is 13.0. The summed E-state index contributed by atoms with van der Waals surface area (Å²) in [6, 6.07) is 30.8. The summed E-state index contributed by atoms with van der Waals surface area (Å²) in [6.45, 7) is 13.6. The molecule has 18 heteroatoms. The molecule has 404 valence electrons. The van der Waals surface area contributed by atoms with Gasteiger partial charge in [0.2, 0.25) is 0 Å². The molecule has 0 saturated carbocycles. The van der Waals surface area contributed by atoms with Crippen LogP contribution in [0, 0.1) is 20.9 Å². The summed E-state index contributed by atoms with van der Waals surface area (Å²) >= 11 is 0. The van der Waals surface area contributed by atoms with Gasteiger partial charge in [-0.25, -0.2) is 0 Å². The maximum absolute atomic E-state index is 13.4. The number of unbranched alkanes of at least 4 members (excludes halogenated alkanes) is 9. The number of anilines is 1. The largest absolute Gasteiger partial charge is 0.494 e. The van der Waals surface area contributed by atoms with Crippen molar-refractivity contribution in [3.8, 4) is 11.5 Å². The number of nitro groups is 1. The number of rotatable bonds is 32. The van der Waals surface area contributed by atoms with Crippen molar-refractivity contribution in [1.29, 1.82) is 0 Å². The van der Waals surface area contributed by atoms with E-state index in [9.17, 15) is 19.7 Å². The highest BCUT2D eigenvalue weighted by Crippen LogP contribution is 2.42. The SMILES string of the molecule is CCCCCCCCCCCCOC(=O)C(C)(CC)CC(C)(C)C(=O)OCCN(CC)c1ccc(/N=N/c2cc(OC)c(/N=N/c3ccc(/N=N/c4ccc(/N=N/c5ccc([N+](=O)[O-])cc5)cc4)cc3)cc2OC)cc1. The van der Waals surface area contributed by atoms with Gasteiger partial charge < -0.3 is 23.8 Å². The molecule has 0 amide bonds. The van der Waals surface area contributed by atoms with Crippen LogP contribution in [0.15, 0.2) is 150 Å². The first-order chi connectivity index (χ1) is 36.7. The van der Waals surface area contributed by atoms with Crippen LogP contribution in [0.25, 0.3) is 0 Å². The van der Waals surface area contributed by atoms with Crippen LogP contribution in [0.2, 0.25) is 0 Å². The molecule has 0 aliphatic carbocycles. The number of non-ortho nitro benzene ring substituents is 1. The summed E-state index contributed by atoms with van der Waals surface area (Å²) < 4.78 is 22.9. The Morgan fingerprint density at radius 3 is 1.30 bits per heavy atom. The molecule has 76 heavy (non-hydrogen) atoms. The molecule has 18 nitrogen and oxygen atoms in total. The Labute approximate surface area is 447 Å². The lowest BCUT2D eigenvalue weighted by molar-refractivity contribution is -0.384. The zero-order chi connectivity index (χ0) is 54.8. The Morgan fingerprint density at radius 2 is 0.908 bits per heavy atom. The number of methoxy groups -OCH3 is 2. The standard InChI is InChI=1S/C58H74N10O8/c1-9-12-13-14-15-16-17-18-19-20-38-75-56(70)58(6,10-2)42-57(4,5)55(69)76-39-37-67(11-3)49-33-29-48(30-34-49)64-66-52-41-53(73-7)51(40-54(52)74-8)65-63-46-27-25-45(26-28-46)60-59-43-21-23-44(24-22-43)61-62-47-31-35-50(36-32-47)68(71)72/h21-36,40-41H,9-20,37-39,42H2,1-8H3/b60-59+,62-61+,65-63+,66-64+. The van der Waals surface area contributed by atoms with Crippen LogP contribution >= 0.6 is 0 Å². The number of hydrogen-bond acceptors (Lipinski definition) is 17. The Bertz CT molecular complexity index is 2730. The maximum atomic E-state index is 13.4. The predicted octanol–water partition coefficient (Wildman–Crippen LogP) is 17.9. The minimum absolute atomic E-state index is 0.0154. The van der Waals surface area contributed by atoms with Gasteiger partial charge in [0.15, 0.2) is 0 Å². The molecular formula is C58H74N10O8. The second-order valence-corrected chi connectivity index (χ2v) is 19.3. The number of ether oxygens (including phenoxy) is 4. The average Bonchev–Trinajstić information content (AvgIpc) is 3.43. The van der Waals surface area contributed by atoms with E-state index in [1.54, 1.807) is 60.7 Å². The number of esters is 2. The highest BCUT2D eigenvalue weighted by Gasteiger charge is 2.43. The van der Waals surface area contributed by atoms with Crippen molar-refractivity contribution in [2.45, 2.75) is 119 Å². The molecule has 0 aromatic heterocycles. The normalized spacial score (nSPS) is 12.6. The van der Waals surface area contributed by atoms with Crippen LogP contribution < -0.4 is 14.4 Å². The minimum atomic E-state index is -0.886. The topological polar surface area (TPSA) is 216 Å². The number of azo groups is 4. The number of nitro benzene ring substituents is 1. The van der Waals surface area contributed by atoms with Gasteiger partial charge in [-0.15, -0.1) is 10.2 Å². The van der Waals surface area contributed by atoms with Gasteiger partial charge in [-0.2, -0.15) is 30.7 Å². The molecule has 0 aliphatic heterocycles. The number of carbonyl (C=O) groups excluding carboxylic acids is 2. The van der Waals surface area contributed by atoms with Gasteiger partial charge in [0, 0.05) is 36.5 Å². The van der Waals surface area contributed by atoms with E-state index in [0.29, 0.717) is 89.5 Å². The fourth-order valence-electron chi connectivity index (χ4n) is 8.25. The Morgan fingerprint density at radius 1 is 0.526 bits per heavy atom. The lowest BCUT2D eigenvalue weighted by atomic mass is 9.72. The van der Waals surface area contributed by atoms with Gasteiger partial charge >= 0.3 is 11.9 Å². The molecule has 1 atom stereocenters. The molecule has 0 spiro atoms. The molecule has 5 rings (SSSR count). The van der Waals surface area contributed by atoms with E-state index in [4.69, 9.17) is 18.9 Å². The molecule has 0 aliphatic rings. The van der Waals surface area contributed by atoms with Crippen molar-refractivity contribution < 1.29 is 33.5 Å². The Balaban J connectivity index is 1.08. The lowest BCUT2D eigenvalue weighted by Crippen LogP contribution is -2.39. The van der Waals surface area contributed by atoms with E-state index < -0.39 is 15.8 Å². The number of benzene rings is 5. The zero-order valence-electron chi connectivity index (χ0n) is 45.4. The van der Waals surface area contributed by atoms with Gasteiger partial charge in [0.05, 0.1) is 77.2 Å². The van der Waals surface area contributed by atoms with E-state index in [1.807, 2.05) is 58.9 Å². The molecule has 5 aromatic carbocycles. The van der Waals surface area contributed by atoms with Crippen molar-refractivity contribution in [3.63, 3.8) is 0 Å². The van der Waals surface area contributed by atoms with E-state index >= 15 is 0 Å². The van der Waals surface area contributed by atoms with Crippen LogP contribution in [0.5, 0.6) is 11.5 Å². The van der Waals surface area contributed by atoms with Crippen molar-refractivity contribution in [3.05, 3.63) is 119 Å². The van der Waals surface area contributed by atoms with Crippen molar-refractivity contribution in [2.75, 3.05) is 45.4 Å². The van der Waals surface area contributed by atoms with Gasteiger partial charge in [-0.05, 0) is 132 Å². The van der Waals surface area contributed by atoms with Gasteiger partial charge in [0.1, 0.15) is 29.5 Å². The number of likely N-dealkylation sites (N-methyl/N-ethyl adjacent to an activating group) is 1. The maximum Gasteiger partial charge on any atom is 0.311 e. The van der Waals surface area contributed by atoms with Crippen molar-refractivity contribution in [2.24, 2.45) is 51.7 Å². The van der Waals surface area contributed by atoms with Crippen molar-refractivity contribution in [1.82, 2.24) is 0 Å². The molecule has 0 bridgehead atoms. The monoisotopic (exact) mass is 1040 g/mol. The molecular weight excluding hydrogens is 965 g/mol. The lowest BCUT2D eigenvalue weighted by Gasteiger charge is -2.34. The minimum Gasteiger partial charge on any atom is -0.494 e. The summed E-state index contributed by atoms with van der Waals surface area (Å²) in [5, 5.41) is 45.5. The van der Waals surface area contributed by atoms with Gasteiger partial charge in [-0.1, -0.05) is 71.6 Å². The van der Waals surface area contributed by atoms with E-state index in [2.05, 4.69) is 52.7 Å². The first-order valence-corrected chi connectivity index (χ1v) is 26.3. The molecule has 0 N–H and O–H groups in total. The number of carbonyl (C=O) groups is 2. The average molecular weight is 1040 g/mol. The number of nitrogens with zero attached hydrogens (tertiary/aromatic N) is 10. The van der Waals surface area contributed by atoms with Crippen LogP contribution in [0.1, 0.15) is 119 Å². The molecule has 5 aromatic rings. The number of hydrogen-bond donors (Lipinski definition) is 0. The van der Waals surface area contributed by atoms with E-state index in [0.717, 1.165) is 24.9 Å². The van der Waals surface area contributed by atoms with Crippen LogP contribution in [-0.2, 0) is 19.1 Å². The molecule has 0 radical (unpaired) electrons. The summed E-state index contributed by atoms with van der Waals surface area (Å²) in [7, 11) is 3.06. The highest BCUT2D eigenvalue weighted by atomic mass is 16.6. The third kappa shape index (κ3) is 18.9. The first-order valence-electron chi connectivity index (χ1n) is 26.3. The smallest absolute Gasteiger partial charge is 0.311 e. The van der Waals surface area contributed by atoms with Gasteiger partial charge in [-0.3, -0.25) is 19.7 Å². The third-order valence-electron chi connectivity index (χ3n) is 12.9. The van der Waals surface area contributed by atoms with Crippen LogP contribution in [0.3, 0.4) is 0 Å².